The minimum Gasteiger partial charge on any atom is -0.493 e. The molecule has 1 unspecified atom stereocenters. The molecule has 3 aromatic carbocycles. The first kappa shape index (κ1) is 24.9. The van der Waals surface area contributed by atoms with Gasteiger partial charge in [-0.25, -0.2) is 0 Å². The number of carbonyl (C=O) groups is 1. The van der Waals surface area contributed by atoms with E-state index in [9.17, 15) is 4.79 Å². The lowest BCUT2D eigenvalue weighted by Gasteiger charge is -2.41. The second-order valence-electron chi connectivity index (χ2n) is 8.81. The highest BCUT2D eigenvalue weighted by Gasteiger charge is 2.24. The van der Waals surface area contributed by atoms with E-state index in [1.807, 2.05) is 6.07 Å². The molecule has 1 atom stereocenters. The number of halogens is 1. The van der Waals surface area contributed by atoms with E-state index < -0.39 is 0 Å². The van der Waals surface area contributed by atoms with E-state index >= 15 is 0 Å². The number of hydrogen-bond acceptors (Lipinski definition) is 5. The molecule has 1 aliphatic heterocycles. The Morgan fingerprint density at radius 2 is 1.63 bits per heavy atom. The van der Waals surface area contributed by atoms with Gasteiger partial charge in [-0.2, -0.15) is 0 Å². The van der Waals surface area contributed by atoms with E-state index in [-0.39, 0.29) is 5.91 Å². The number of hydrogen-bond donors (Lipinski definition) is 1. The quantitative estimate of drug-likeness (QED) is 0.478. The molecule has 1 amide bonds. The predicted octanol–water partition coefficient (Wildman–Crippen LogP) is 5.00. The number of benzene rings is 3. The third kappa shape index (κ3) is 6.27. The zero-order chi connectivity index (χ0) is 24.8. The van der Waals surface area contributed by atoms with Crippen LogP contribution in [0.3, 0.4) is 0 Å². The number of ether oxygens (including phenoxy) is 2. The van der Waals surface area contributed by atoms with Crippen molar-refractivity contribution in [1.82, 2.24) is 10.2 Å². The van der Waals surface area contributed by atoms with Crippen molar-refractivity contribution in [2.75, 3.05) is 38.8 Å². The van der Waals surface area contributed by atoms with Crippen molar-refractivity contribution >= 4 is 23.2 Å². The van der Waals surface area contributed by atoms with Gasteiger partial charge in [0.15, 0.2) is 11.5 Å². The molecule has 184 valence electrons. The molecule has 1 heterocycles. The topological polar surface area (TPSA) is 54.0 Å². The largest absolute Gasteiger partial charge is 0.493 e. The maximum Gasteiger partial charge on any atom is 0.251 e. The minimum atomic E-state index is -0.106. The van der Waals surface area contributed by atoms with Gasteiger partial charge in [0.2, 0.25) is 0 Å². The molecule has 1 fully saturated rings. The van der Waals surface area contributed by atoms with Crippen molar-refractivity contribution in [3.63, 3.8) is 0 Å². The van der Waals surface area contributed by atoms with Crippen LogP contribution in [0.2, 0.25) is 5.02 Å². The van der Waals surface area contributed by atoms with E-state index in [1.165, 1.54) is 11.3 Å². The number of nitrogens with zero attached hydrogens (tertiary/aromatic N) is 2. The van der Waals surface area contributed by atoms with Crippen molar-refractivity contribution in [1.29, 1.82) is 0 Å². The van der Waals surface area contributed by atoms with Gasteiger partial charge >= 0.3 is 0 Å². The summed E-state index contributed by atoms with van der Waals surface area (Å²) in [5.74, 6) is 1.41. The Balaban J connectivity index is 1.30. The van der Waals surface area contributed by atoms with Gasteiger partial charge in [-0.05, 0) is 66.6 Å². The summed E-state index contributed by atoms with van der Waals surface area (Å²) in [4.78, 5) is 17.2. The SMILES string of the molecule is COc1ccc(CN2CCN(c3ccc(CNC(=O)c4ccc(Cl)cc4)cc3)CC2C)cc1OC. The molecular weight excluding hydrogens is 462 g/mol. The van der Waals surface area contributed by atoms with Crippen LogP contribution in [-0.2, 0) is 13.1 Å². The highest BCUT2D eigenvalue weighted by molar-refractivity contribution is 6.30. The second kappa shape index (κ2) is 11.5. The van der Waals surface area contributed by atoms with E-state index in [0.717, 1.165) is 43.2 Å². The van der Waals surface area contributed by atoms with Crippen LogP contribution in [0.15, 0.2) is 66.7 Å². The molecule has 1 N–H and O–H groups in total. The fourth-order valence-electron chi connectivity index (χ4n) is 4.39. The normalized spacial score (nSPS) is 16.1. The van der Waals surface area contributed by atoms with Crippen molar-refractivity contribution < 1.29 is 14.3 Å². The van der Waals surface area contributed by atoms with Gasteiger partial charge in [-0.3, -0.25) is 9.69 Å². The summed E-state index contributed by atoms with van der Waals surface area (Å²) < 4.78 is 10.8. The van der Waals surface area contributed by atoms with Crippen molar-refractivity contribution in [3.05, 3.63) is 88.4 Å². The third-order valence-corrected chi connectivity index (χ3v) is 6.71. The average molecular weight is 494 g/mol. The molecule has 0 bridgehead atoms. The van der Waals surface area contributed by atoms with Crippen molar-refractivity contribution in [2.24, 2.45) is 0 Å². The summed E-state index contributed by atoms with van der Waals surface area (Å²) >= 11 is 5.90. The Hall–Kier alpha value is -3.22. The van der Waals surface area contributed by atoms with Gasteiger partial charge in [-0.1, -0.05) is 29.8 Å². The Bertz CT molecular complexity index is 1140. The second-order valence-corrected chi connectivity index (χ2v) is 9.25. The van der Waals surface area contributed by atoms with E-state index in [2.05, 4.69) is 58.4 Å². The van der Waals surface area contributed by atoms with Crippen LogP contribution in [0, 0.1) is 0 Å². The Labute approximate surface area is 212 Å². The summed E-state index contributed by atoms with van der Waals surface area (Å²) in [6, 6.07) is 21.9. The molecule has 3 aromatic rings. The van der Waals surface area contributed by atoms with Gasteiger partial charge in [0.25, 0.3) is 5.91 Å². The van der Waals surface area contributed by atoms with Gasteiger partial charge in [0, 0.05) is 55.0 Å². The lowest BCUT2D eigenvalue weighted by molar-refractivity contribution is 0.0951. The molecule has 0 aromatic heterocycles. The zero-order valence-electron chi connectivity index (χ0n) is 20.5. The fraction of sp³-hybridized carbons (Fsp3) is 0.321. The molecule has 6 nitrogen and oxygen atoms in total. The highest BCUT2D eigenvalue weighted by Crippen LogP contribution is 2.29. The van der Waals surface area contributed by atoms with Crippen LogP contribution < -0.4 is 19.7 Å². The van der Waals surface area contributed by atoms with Gasteiger partial charge in [0.05, 0.1) is 14.2 Å². The van der Waals surface area contributed by atoms with Gasteiger partial charge in [0.1, 0.15) is 0 Å². The lowest BCUT2D eigenvalue weighted by Crippen LogP contribution is -2.51. The Morgan fingerprint density at radius 1 is 0.943 bits per heavy atom. The summed E-state index contributed by atoms with van der Waals surface area (Å²) in [6.07, 6.45) is 0. The number of rotatable bonds is 8. The number of anilines is 1. The van der Waals surface area contributed by atoms with Gasteiger partial charge in [-0.15, -0.1) is 0 Å². The number of nitrogens with one attached hydrogen (secondary N) is 1. The molecule has 35 heavy (non-hydrogen) atoms. The molecule has 1 saturated heterocycles. The first-order valence-electron chi connectivity index (χ1n) is 11.8. The summed E-state index contributed by atoms with van der Waals surface area (Å²) in [5, 5.41) is 3.58. The van der Waals surface area contributed by atoms with Crippen LogP contribution >= 0.6 is 11.6 Å². The van der Waals surface area contributed by atoms with Crippen LogP contribution in [0.1, 0.15) is 28.4 Å². The Morgan fingerprint density at radius 3 is 2.29 bits per heavy atom. The monoisotopic (exact) mass is 493 g/mol. The van der Waals surface area contributed by atoms with E-state index in [0.29, 0.717) is 23.2 Å². The summed E-state index contributed by atoms with van der Waals surface area (Å²) in [5.41, 5.74) is 4.09. The van der Waals surface area contributed by atoms with Crippen LogP contribution in [0.25, 0.3) is 0 Å². The number of piperazine rings is 1. The van der Waals surface area contributed by atoms with E-state index in [4.69, 9.17) is 21.1 Å². The maximum absolute atomic E-state index is 12.3. The van der Waals surface area contributed by atoms with Gasteiger partial charge < -0.3 is 19.7 Å². The first-order valence-corrected chi connectivity index (χ1v) is 12.2. The highest BCUT2D eigenvalue weighted by atomic mass is 35.5. The molecular formula is C28H32ClN3O3. The average Bonchev–Trinajstić information content (AvgIpc) is 2.89. The lowest BCUT2D eigenvalue weighted by atomic mass is 10.1. The molecule has 0 aliphatic carbocycles. The predicted molar refractivity (Wildman–Crippen MR) is 141 cm³/mol. The molecule has 0 saturated carbocycles. The molecule has 0 spiro atoms. The van der Waals surface area contributed by atoms with Crippen LogP contribution in [0.5, 0.6) is 11.5 Å². The summed E-state index contributed by atoms with van der Waals surface area (Å²) in [6.45, 7) is 6.53. The molecule has 7 heteroatoms. The molecule has 0 radical (unpaired) electrons. The molecule has 4 rings (SSSR count). The van der Waals surface area contributed by atoms with Crippen LogP contribution in [-0.4, -0.2) is 50.7 Å². The fourth-order valence-corrected chi connectivity index (χ4v) is 4.51. The van der Waals surface area contributed by atoms with Crippen molar-refractivity contribution in [3.8, 4) is 11.5 Å². The number of amides is 1. The summed E-state index contributed by atoms with van der Waals surface area (Å²) in [7, 11) is 3.32. The third-order valence-electron chi connectivity index (χ3n) is 6.46. The number of carbonyl (C=O) groups excluding carboxylic acids is 1. The van der Waals surface area contributed by atoms with E-state index in [1.54, 1.807) is 38.5 Å². The van der Waals surface area contributed by atoms with Crippen LogP contribution in [0.4, 0.5) is 5.69 Å². The zero-order valence-corrected chi connectivity index (χ0v) is 21.2. The first-order chi connectivity index (χ1) is 17.0. The Kier molecular flexibility index (Phi) is 8.16. The number of methoxy groups -OCH3 is 2. The molecule has 1 aliphatic rings. The van der Waals surface area contributed by atoms with Crippen molar-refractivity contribution in [2.45, 2.75) is 26.1 Å². The maximum atomic E-state index is 12.3. The standard InChI is InChI=1S/C28H32ClN3O3/c1-20-18-32(15-14-31(20)19-22-6-13-26(34-2)27(16-22)35-3)25-11-4-21(5-12-25)17-30-28(33)23-7-9-24(29)10-8-23/h4-13,16,20H,14-15,17-19H2,1-3H3,(H,30,33). The smallest absolute Gasteiger partial charge is 0.251 e. The minimum absolute atomic E-state index is 0.106.